The second-order valence-corrected chi connectivity index (χ2v) is 8.64. The van der Waals surface area contributed by atoms with Crippen LogP contribution in [0.4, 0.5) is 5.69 Å². The number of carbonyl (C=O) groups excluding carboxylic acids is 2. The number of halogens is 1. The molecule has 0 radical (unpaired) electrons. The maximum Gasteiger partial charge on any atom is 0.267 e. The largest absolute Gasteiger partial charge is 0.383 e. The molecule has 2 aliphatic rings. The second kappa shape index (κ2) is 8.28. The van der Waals surface area contributed by atoms with Crippen molar-refractivity contribution in [2.45, 2.75) is 6.54 Å². The summed E-state index contributed by atoms with van der Waals surface area (Å²) in [5.41, 5.74) is 2.89. The van der Waals surface area contributed by atoms with Crippen molar-refractivity contribution in [1.82, 2.24) is 4.90 Å². The van der Waals surface area contributed by atoms with Crippen LogP contribution < -0.4 is 4.90 Å². The van der Waals surface area contributed by atoms with Crippen molar-refractivity contribution in [3.05, 3.63) is 69.6 Å². The Labute approximate surface area is 183 Å². The standard InChI is InChI=1S/C21H17ClN2O3S2/c1-27-11-10-23-20(26)18(29-21(23)28)17-15-4-2-3-5-16(15)24(19(17)25)12-13-6-8-14(22)9-7-13/h2-9H,10-12H2,1H3/b18-17-. The Morgan fingerprint density at radius 3 is 2.48 bits per heavy atom. The Morgan fingerprint density at radius 2 is 1.76 bits per heavy atom. The fourth-order valence-electron chi connectivity index (χ4n) is 3.35. The lowest BCUT2D eigenvalue weighted by Crippen LogP contribution is -2.32. The van der Waals surface area contributed by atoms with Gasteiger partial charge in [0.05, 0.1) is 35.9 Å². The molecule has 4 rings (SSSR count). The Hall–Kier alpha value is -2.19. The summed E-state index contributed by atoms with van der Waals surface area (Å²) in [4.78, 5) is 29.9. The third-order valence-corrected chi connectivity index (χ3v) is 6.47. The SMILES string of the molecule is COCCN1C(=O)/C(=C2/C(=O)N(Cc3ccc(Cl)cc3)c3ccccc32)SC1=S. The van der Waals surface area contributed by atoms with E-state index >= 15 is 0 Å². The number of ether oxygens (including phenoxy) is 1. The number of methoxy groups -OCH3 is 1. The van der Waals surface area contributed by atoms with E-state index in [-0.39, 0.29) is 11.8 Å². The van der Waals surface area contributed by atoms with Crippen molar-refractivity contribution in [2.24, 2.45) is 0 Å². The average molecular weight is 445 g/mol. The van der Waals surface area contributed by atoms with Gasteiger partial charge in [-0.15, -0.1) is 0 Å². The summed E-state index contributed by atoms with van der Waals surface area (Å²) in [7, 11) is 1.57. The molecule has 29 heavy (non-hydrogen) atoms. The van der Waals surface area contributed by atoms with E-state index in [9.17, 15) is 9.59 Å². The highest BCUT2D eigenvalue weighted by Crippen LogP contribution is 2.44. The van der Waals surface area contributed by atoms with Crippen molar-refractivity contribution < 1.29 is 14.3 Å². The first-order valence-electron chi connectivity index (χ1n) is 8.94. The molecular formula is C21H17ClN2O3S2. The first kappa shape index (κ1) is 20.1. The van der Waals surface area contributed by atoms with Crippen molar-refractivity contribution in [3.8, 4) is 0 Å². The number of para-hydroxylation sites is 1. The van der Waals surface area contributed by atoms with Crippen LogP contribution in [0.25, 0.3) is 5.57 Å². The summed E-state index contributed by atoms with van der Waals surface area (Å²) in [6, 6.07) is 14.9. The van der Waals surface area contributed by atoms with E-state index in [2.05, 4.69) is 0 Å². The molecule has 0 unspecified atom stereocenters. The molecule has 0 aromatic heterocycles. The number of benzene rings is 2. The molecule has 1 fully saturated rings. The van der Waals surface area contributed by atoms with Crippen LogP contribution in [0.1, 0.15) is 11.1 Å². The minimum atomic E-state index is -0.247. The quantitative estimate of drug-likeness (QED) is 0.513. The van der Waals surface area contributed by atoms with Gasteiger partial charge in [0.2, 0.25) is 0 Å². The first-order valence-corrected chi connectivity index (χ1v) is 10.5. The zero-order valence-corrected chi connectivity index (χ0v) is 17.9. The zero-order valence-electron chi connectivity index (χ0n) is 15.6. The number of carbonyl (C=O) groups is 2. The maximum atomic E-state index is 13.4. The molecule has 0 N–H and O–H groups in total. The molecule has 8 heteroatoms. The fraction of sp³-hybridized carbons (Fsp3) is 0.190. The molecule has 5 nitrogen and oxygen atoms in total. The molecule has 2 heterocycles. The van der Waals surface area contributed by atoms with Gasteiger partial charge in [-0.1, -0.05) is 65.9 Å². The van der Waals surface area contributed by atoms with Gasteiger partial charge >= 0.3 is 0 Å². The molecule has 1 saturated heterocycles. The number of rotatable bonds is 5. The zero-order chi connectivity index (χ0) is 20.5. The number of amides is 2. The van der Waals surface area contributed by atoms with E-state index in [0.29, 0.717) is 39.5 Å². The highest BCUT2D eigenvalue weighted by molar-refractivity contribution is 8.26. The van der Waals surface area contributed by atoms with E-state index in [1.54, 1.807) is 24.1 Å². The molecule has 0 atom stereocenters. The third-order valence-electron chi connectivity index (χ3n) is 4.77. The highest BCUT2D eigenvalue weighted by atomic mass is 35.5. The summed E-state index contributed by atoms with van der Waals surface area (Å²) < 4.78 is 5.51. The molecule has 2 aromatic rings. The van der Waals surface area contributed by atoms with Gasteiger partial charge in [-0.25, -0.2) is 0 Å². The van der Waals surface area contributed by atoms with Crippen LogP contribution in [0, 0.1) is 0 Å². The van der Waals surface area contributed by atoms with Crippen LogP contribution in [0.15, 0.2) is 53.4 Å². The molecule has 0 bridgehead atoms. The van der Waals surface area contributed by atoms with Crippen molar-refractivity contribution in [2.75, 3.05) is 25.2 Å². The minimum absolute atomic E-state index is 0.201. The second-order valence-electron chi connectivity index (χ2n) is 6.56. The third kappa shape index (κ3) is 3.71. The summed E-state index contributed by atoms with van der Waals surface area (Å²) >= 11 is 12.5. The molecular weight excluding hydrogens is 428 g/mol. The van der Waals surface area contributed by atoms with Gasteiger partial charge in [-0.3, -0.25) is 14.5 Å². The van der Waals surface area contributed by atoms with Gasteiger partial charge in [0.15, 0.2) is 0 Å². The Morgan fingerprint density at radius 1 is 1.03 bits per heavy atom. The van der Waals surface area contributed by atoms with Gasteiger partial charge in [0, 0.05) is 17.7 Å². The van der Waals surface area contributed by atoms with Crippen LogP contribution in [0.2, 0.25) is 5.02 Å². The van der Waals surface area contributed by atoms with E-state index in [4.69, 9.17) is 28.6 Å². The van der Waals surface area contributed by atoms with Crippen LogP contribution in [-0.4, -0.2) is 41.3 Å². The fourth-order valence-corrected chi connectivity index (χ4v) is 4.86. The number of hydrogen-bond donors (Lipinski definition) is 0. The van der Waals surface area contributed by atoms with Crippen molar-refractivity contribution in [1.29, 1.82) is 0 Å². The number of fused-ring (bicyclic) bond motifs is 1. The Balaban J connectivity index is 1.73. The molecule has 2 amide bonds. The average Bonchev–Trinajstić information content (AvgIpc) is 3.15. The summed E-state index contributed by atoms with van der Waals surface area (Å²) in [6.07, 6.45) is 0. The van der Waals surface area contributed by atoms with E-state index in [1.165, 1.54) is 16.7 Å². The van der Waals surface area contributed by atoms with E-state index < -0.39 is 0 Å². The summed E-state index contributed by atoms with van der Waals surface area (Å²) in [5.74, 6) is -0.447. The number of hydrogen-bond acceptors (Lipinski definition) is 5. The smallest absolute Gasteiger partial charge is 0.267 e. The number of anilines is 1. The van der Waals surface area contributed by atoms with Gasteiger partial charge in [0.25, 0.3) is 11.8 Å². The number of thioether (sulfide) groups is 1. The van der Waals surface area contributed by atoms with Crippen LogP contribution >= 0.6 is 35.6 Å². The summed E-state index contributed by atoms with van der Waals surface area (Å²) in [6.45, 7) is 1.13. The lowest BCUT2D eigenvalue weighted by molar-refractivity contribution is -0.123. The lowest BCUT2D eigenvalue weighted by Gasteiger charge is -2.17. The molecule has 2 aliphatic heterocycles. The van der Waals surface area contributed by atoms with Crippen molar-refractivity contribution in [3.63, 3.8) is 0 Å². The lowest BCUT2D eigenvalue weighted by atomic mass is 10.1. The molecule has 2 aromatic carbocycles. The first-order chi connectivity index (χ1) is 14.0. The van der Waals surface area contributed by atoms with Crippen molar-refractivity contribution >= 4 is 63.0 Å². The molecule has 0 spiro atoms. The van der Waals surface area contributed by atoms with Gasteiger partial charge in [-0.05, 0) is 23.8 Å². The Kier molecular flexibility index (Phi) is 5.74. The molecule has 0 aliphatic carbocycles. The van der Waals surface area contributed by atoms with Crippen LogP contribution in [-0.2, 0) is 20.9 Å². The normalized spacial score (nSPS) is 18.8. The summed E-state index contributed by atoms with van der Waals surface area (Å²) in [5, 5.41) is 0.641. The maximum absolute atomic E-state index is 13.4. The van der Waals surface area contributed by atoms with Gasteiger partial charge in [-0.2, -0.15) is 0 Å². The molecule has 148 valence electrons. The van der Waals surface area contributed by atoms with E-state index in [1.807, 2.05) is 36.4 Å². The number of thiocarbonyl (C=S) groups is 1. The number of nitrogens with zero attached hydrogens (tertiary/aromatic N) is 2. The predicted octanol–water partition coefficient (Wildman–Crippen LogP) is 4.10. The Bertz CT molecular complexity index is 1040. The van der Waals surface area contributed by atoms with Gasteiger partial charge in [0.1, 0.15) is 4.32 Å². The monoisotopic (exact) mass is 444 g/mol. The predicted molar refractivity (Wildman–Crippen MR) is 120 cm³/mol. The van der Waals surface area contributed by atoms with E-state index in [0.717, 1.165) is 16.8 Å². The van der Waals surface area contributed by atoms with Crippen LogP contribution in [0.3, 0.4) is 0 Å². The minimum Gasteiger partial charge on any atom is -0.383 e. The van der Waals surface area contributed by atoms with Gasteiger partial charge < -0.3 is 9.64 Å². The molecule has 0 saturated carbocycles. The topological polar surface area (TPSA) is 49.9 Å². The highest BCUT2D eigenvalue weighted by Gasteiger charge is 2.41. The van der Waals surface area contributed by atoms with Crippen LogP contribution in [0.5, 0.6) is 0 Å².